The van der Waals surface area contributed by atoms with Crippen molar-refractivity contribution in [3.05, 3.63) is 48.6 Å². The molecule has 1 heterocycles. The van der Waals surface area contributed by atoms with Crippen molar-refractivity contribution in [2.45, 2.75) is 64.5 Å². The number of nitrogens with zero attached hydrogens (tertiary/aromatic N) is 1. The Kier molecular flexibility index (Phi) is 9.49. The second kappa shape index (κ2) is 11.6. The van der Waals surface area contributed by atoms with Crippen molar-refractivity contribution < 1.29 is 4.74 Å². The van der Waals surface area contributed by atoms with Crippen LogP contribution < -0.4 is 0 Å². The zero-order valence-corrected chi connectivity index (χ0v) is 17.5. The second-order valence-electron chi connectivity index (χ2n) is 7.53. The third-order valence-corrected chi connectivity index (χ3v) is 6.33. The van der Waals surface area contributed by atoms with E-state index >= 15 is 0 Å². The fourth-order valence-corrected chi connectivity index (χ4v) is 4.42. The summed E-state index contributed by atoms with van der Waals surface area (Å²) >= 11 is 1.97. The average Bonchev–Trinajstić information content (AvgIpc) is 3.18. The zero-order valence-electron chi connectivity index (χ0n) is 16.7. The van der Waals surface area contributed by atoms with Gasteiger partial charge < -0.3 is 4.74 Å². The van der Waals surface area contributed by atoms with E-state index in [2.05, 4.69) is 50.8 Å². The molecule has 1 aliphatic heterocycles. The fourth-order valence-electron chi connectivity index (χ4n) is 3.14. The van der Waals surface area contributed by atoms with Gasteiger partial charge in [0.15, 0.2) is 0 Å². The highest BCUT2D eigenvalue weighted by Gasteiger charge is 2.39. The molecular weight excluding hydrogens is 338 g/mol. The molecule has 0 aromatic heterocycles. The molecular formula is C23H35NOS. The number of thioether (sulfide) groups is 1. The smallest absolute Gasteiger partial charge is 0.0783 e. The van der Waals surface area contributed by atoms with Crippen molar-refractivity contribution in [2.24, 2.45) is 16.8 Å². The Labute approximate surface area is 164 Å². The van der Waals surface area contributed by atoms with Crippen LogP contribution in [0.5, 0.6) is 0 Å². The highest BCUT2D eigenvalue weighted by Crippen LogP contribution is 2.44. The first-order chi connectivity index (χ1) is 12.6. The Morgan fingerprint density at radius 2 is 2.15 bits per heavy atom. The van der Waals surface area contributed by atoms with E-state index in [9.17, 15) is 0 Å². The van der Waals surface area contributed by atoms with Gasteiger partial charge in [0.25, 0.3) is 0 Å². The zero-order chi connectivity index (χ0) is 18.8. The maximum Gasteiger partial charge on any atom is 0.0783 e. The van der Waals surface area contributed by atoms with Crippen LogP contribution in [0.1, 0.15) is 52.4 Å². The van der Waals surface area contributed by atoms with Gasteiger partial charge in [0.05, 0.1) is 17.2 Å². The minimum Gasteiger partial charge on any atom is -0.381 e. The van der Waals surface area contributed by atoms with Crippen LogP contribution in [0.25, 0.3) is 0 Å². The monoisotopic (exact) mass is 373 g/mol. The fraction of sp³-hybridized carbons (Fsp3) is 0.609. The van der Waals surface area contributed by atoms with Crippen molar-refractivity contribution in [3.63, 3.8) is 0 Å². The second-order valence-corrected chi connectivity index (χ2v) is 8.57. The molecule has 1 aliphatic carbocycles. The van der Waals surface area contributed by atoms with Crippen molar-refractivity contribution in [1.29, 1.82) is 0 Å². The normalized spacial score (nSPS) is 27.3. The van der Waals surface area contributed by atoms with E-state index in [1.54, 1.807) is 7.11 Å². The maximum atomic E-state index is 5.45. The Morgan fingerprint density at radius 3 is 2.85 bits per heavy atom. The topological polar surface area (TPSA) is 21.6 Å². The third kappa shape index (κ3) is 7.67. The van der Waals surface area contributed by atoms with Crippen LogP contribution in [-0.4, -0.2) is 30.1 Å². The highest BCUT2D eigenvalue weighted by molar-refractivity contribution is 8.14. The Bertz CT molecular complexity index is 561. The lowest BCUT2D eigenvalue weighted by molar-refractivity contribution is 0.0981. The van der Waals surface area contributed by atoms with E-state index in [1.807, 2.05) is 17.8 Å². The van der Waals surface area contributed by atoms with Crippen molar-refractivity contribution >= 4 is 16.8 Å². The Balaban J connectivity index is 1.58. The number of aliphatic imine (C=N–C) groups is 1. The van der Waals surface area contributed by atoms with E-state index in [4.69, 9.17) is 9.73 Å². The molecule has 0 spiro atoms. The summed E-state index contributed by atoms with van der Waals surface area (Å²) < 4.78 is 5.45. The molecule has 0 amide bonds. The summed E-state index contributed by atoms with van der Waals surface area (Å²) in [7, 11) is 1.78. The molecule has 0 aromatic carbocycles. The summed E-state index contributed by atoms with van der Waals surface area (Å²) in [6, 6.07) is 0.415. The minimum absolute atomic E-state index is 0.296. The van der Waals surface area contributed by atoms with Gasteiger partial charge in [0.1, 0.15) is 0 Å². The maximum absolute atomic E-state index is 5.45. The largest absolute Gasteiger partial charge is 0.381 e. The van der Waals surface area contributed by atoms with Gasteiger partial charge in [-0.3, -0.25) is 4.99 Å². The summed E-state index contributed by atoms with van der Waals surface area (Å²) in [5.74, 6) is 2.79. The van der Waals surface area contributed by atoms with Gasteiger partial charge in [-0.2, -0.15) is 0 Å². The highest BCUT2D eigenvalue weighted by atomic mass is 32.2. The van der Waals surface area contributed by atoms with Crippen LogP contribution in [0.2, 0.25) is 0 Å². The predicted octanol–water partition coefficient (Wildman–Crippen LogP) is 6.37. The number of unbranched alkanes of at least 4 members (excludes halogenated alkanes) is 1. The molecule has 2 aliphatic rings. The van der Waals surface area contributed by atoms with Crippen LogP contribution in [0.4, 0.5) is 0 Å². The number of methoxy groups -OCH3 is 1. The standard InChI is InChI=1S/C23H35NOS/c1-5-11-21(25-4)15-14-18(2)12-9-7-6-8-10-13-20-17-26-23(24-20)22-16-19(22)3/h5,7,9-10,12-13,19-22H,1,6,8,11,14-17H2,2-4H3/t19-,20+,21-,22?/m0/s1. The number of allylic oxidation sites excluding steroid dienone is 5. The molecule has 2 nitrogen and oxygen atoms in total. The summed E-state index contributed by atoms with van der Waals surface area (Å²) in [5.41, 5.74) is 1.40. The van der Waals surface area contributed by atoms with Gasteiger partial charge in [0, 0.05) is 18.8 Å². The summed E-state index contributed by atoms with van der Waals surface area (Å²) in [6.07, 6.45) is 20.1. The molecule has 1 unspecified atom stereocenters. The quantitative estimate of drug-likeness (QED) is 0.225. The molecule has 0 bridgehead atoms. The molecule has 1 saturated carbocycles. The van der Waals surface area contributed by atoms with Crippen molar-refractivity contribution in [2.75, 3.05) is 12.9 Å². The SMILES string of the molecule is C=CC[C@@H](CCC(C)=CC=CCCC=C[C@@H]1CSC(C2C[C@@H]2C)=N1)OC. The Morgan fingerprint density at radius 1 is 1.38 bits per heavy atom. The Hall–Kier alpha value is -1.06. The molecule has 0 radical (unpaired) electrons. The first kappa shape index (κ1) is 21.2. The molecule has 144 valence electrons. The van der Waals surface area contributed by atoms with Gasteiger partial charge in [-0.25, -0.2) is 0 Å². The molecule has 0 N–H and O–H groups in total. The van der Waals surface area contributed by atoms with E-state index in [0.717, 1.165) is 49.7 Å². The van der Waals surface area contributed by atoms with Crippen molar-refractivity contribution in [1.82, 2.24) is 0 Å². The van der Waals surface area contributed by atoms with Crippen LogP contribution in [-0.2, 0) is 4.74 Å². The van der Waals surface area contributed by atoms with E-state index < -0.39 is 0 Å². The van der Waals surface area contributed by atoms with Gasteiger partial charge >= 0.3 is 0 Å². The van der Waals surface area contributed by atoms with Gasteiger partial charge in [-0.1, -0.05) is 49.0 Å². The minimum atomic E-state index is 0.296. The molecule has 0 aromatic rings. The molecule has 2 rings (SSSR count). The van der Waals surface area contributed by atoms with Gasteiger partial charge in [-0.05, 0) is 51.4 Å². The van der Waals surface area contributed by atoms with Crippen LogP contribution in [0, 0.1) is 11.8 Å². The van der Waals surface area contributed by atoms with E-state index in [-0.39, 0.29) is 0 Å². The van der Waals surface area contributed by atoms with Crippen LogP contribution >= 0.6 is 11.8 Å². The third-order valence-electron chi connectivity index (χ3n) is 5.12. The lowest BCUT2D eigenvalue weighted by atomic mass is 10.1. The predicted molar refractivity (Wildman–Crippen MR) is 117 cm³/mol. The number of rotatable bonds is 12. The molecule has 3 heteroatoms. The first-order valence-corrected chi connectivity index (χ1v) is 11.0. The lowest BCUT2D eigenvalue weighted by Crippen LogP contribution is -2.08. The molecule has 26 heavy (non-hydrogen) atoms. The summed E-state index contributed by atoms with van der Waals surface area (Å²) in [6.45, 7) is 8.31. The summed E-state index contributed by atoms with van der Waals surface area (Å²) in [5, 5.41) is 1.41. The van der Waals surface area contributed by atoms with E-state index in [1.165, 1.54) is 17.0 Å². The van der Waals surface area contributed by atoms with Crippen LogP contribution in [0.15, 0.2) is 53.6 Å². The van der Waals surface area contributed by atoms with E-state index in [0.29, 0.717) is 12.1 Å². The molecule has 1 fully saturated rings. The van der Waals surface area contributed by atoms with Crippen LogP contribution in [0.3, 0.4) is 0 Å². The lowest BCUT2D eigenvalue weighted by Gasteiger charge is -2.12. The number of ether oxygens (including phenoxy) is 1. The molecule has 4 atom stereocenters. The average molecular weight is 374 g/mol. The molecule has 0 saturated heterocycles. The van der Waals surface area contributed by atoms with Gasteiger partial charge in [0.2, 0.25) is 0 Å². The number of hydrogen-bond acceptors (Lipinski definition) is 3. The first-order valence-electron chi connectivity index (χ1n) is 9.97. The van der Waals surface area contributed by atoms with Gasteiger partial charge in [-0.15, -0.1) is 18.3 Å². The summed E-state index contributed by atoms with van der Waals surface area (Å²) in [4.78, 5) is 4.86. The number of hydrogen-bond donors (Lipinski definition) is 0. The van der Waals surface area contributed by atoms with Crippen molar-refractivity contribution in [3.8, 4) is 0 Å².